The van der Waals surface area contributed by atoms with Crippen molar-refractivity contribution < 1.29 is 9.90 Å². The van der Waals surface area contributed by atoms with E-state index in [1.165, 1.54) is 6.20 Å². The number of amides is 1. The first-order chi connectivity index (χ1) is 12.2. The molecule has 1 amide bonds. The Morgan fingerprint density at radius 2 is 1.96 bits per heavy atom. The van der Waals surface area contributed by atoms with Crippen LogP contribution in [0.5, 0.6) is 0 Å². The molecule has 4 rings (SSSR count). The van der Waals surface area contributed by atoms with E-state index in [0.717, 1.165) is 31.5 Å². The Morgan fingerprint density at radius 3 is 2.64 bits per heavy atom. The van der Waals surface area contributed by atoms with Gasteiger partial charge < -0.3 is 10.0 Å². The lowest BCUT2D eigenvalue weighted by molar-refractivity contribution is -0.0878. The summed E-state index contributed by atoms with van der Waals surface area (Å²) in [5.41, 5.74) is 0.317. The zero-order valence-electron chi connectivity index (χ0n) is 14.1. The number of hydrogen-bond donors (Lipinski definition) is 2. The molecule has 2 N–H and O–H groups in total. The highest BCUT2D eigenvalue weighted by molar-refractivity contribution is 5.92. The van der Waals surface area contributed by atoms with Crippen LogP contribution in [0.15, 0.2) is 36.5 Å². The van der Waals surface area contributed by atoms with Gasteiger partial charge in [0.15, 0.2) is 5.69 Å². The zero-order chi connectivity index (χ0) is 17.3. The molecular weight excluding hydrogens is 318 g/mol. The number of likely N-dealkylation sites (tertiary alicyclic amines) is 2. The van der Waals surface area contributed by atoms with E-state index < -0.39 is 5.60 Å². The highest BCUT2D eigenvalue weighted by Gasteiger charge is 2.47. The molecule has 0 saturated carbocycles. The number of nitrogens with zero attached hydrogens (tertiary/aromatic N) is 4. The van der Waals surface area contributed by atoms with Gasteiger partial charge in [-0.3, -0.25) is 9.69 Å². The van der Waals surface area contributed by atoms with Crippen molar-refractivity contribution in [2.45, 2.75) is 30.9 Å². The Bertz CT molecular complexity index is 714. The number of aromatic amines is 1. The van der Waals surface area contributed by atoms with E-state index in [4.69, 9.17) is 0 Å². The van der Waals surface area contributed by atoms with Gasteiger partial charge in [0.05, 0.1) is 12.2 Å². The summed E-state index contributed by atoms with van der Waals surface area (Å²) in [6, 6.07) is 9.74. The third kappa shape index (κ3) is 2.94. The topological polar surface area (TPSA) is 85.3 Å². The molecule has 2 atom stereocenters. The first-order valence-electron chi connectivity index (χ1n) is 8.85. The summed E-state index contributed by atoms with van der Waals surface area (Å²) < 4.78 is 0. The van der Waals surface area contributed by atoms with Gasteiger partial charge in [-0.1, -0.05) is 30.3 Å². The lowest BCUT2D eigenvalue weighted by Gasteiger charge is -2.48. The summed E-state index contributed by atoms with van der Waals surface area (Å²) in [5, 5.41) is 21.7. The first kappa shape index (κ1) is 16.2. The molecule has 2 aliphatic heterocycles. The highest BCUT2D eigenvalue weighted by Crippen LogP contribution is 2.37. The van der Waals surface area contributed by atoms with Gasteiger partial charge in [0.1, 0.15) is 5.60 Å². The monoisotopic (exact) mass is 341 g/mol. The van der Waals surface area contributed by atoms with E-state index in [1.54, 1.807) is 4.90 Å². The van der Waals surface area contributed by atoms with Crippen molar-refractivity contribution in [2.75, 3.05) is 26.2 Å². The fourth-order valence-corrected chi connectivity index (χ4v) is 4.11. The summed E-state index contributed by atoms with van der Waals surface area (Å²) in [6.07, 6.45) is 4.24. The van der Waals surface area contributed by atoms with Crippen molar-refractivity contribution in [3.63, 3.8) is 0 Å². The number of H-pyrrole nitrogens is 1. The minimum Gasteiger partial charge on any atom is -0.383 e. The van der Waals surface area contributed by atoms with Crippen LogP contribution in [0.4, 0.5) is 0 Å². The molecule has 7 heteroatoms. The van der Waals surface area contributed by atoms with Crippen molar-refractivity contribution in [1.29, 1.82) is 0 Å². The molecule has 132 valence electrons. The SMILES string of the molecule is O=C(c1cn[nH]n1)N1CC[C@](O)(c2ccccc2)[C@H](N2CCCC2)C1. The maximum atomic E-state index is 12.7. The van der Waals surface area contributed by atoms with Gasteiger partial charge in [-0.25, -0.2) is 0 Å². The third-order valence-corrected chi connectivity index (χ3v) is 5.48. The molecule has 7 nitrogen and oxygen atoms in total. The van der Waals surface area contributed by atoms with E-state index in [-0.39, 0.29) is 11.9 Å². The summed E-state index contributed by atoms with van der Waals surface area (Å²) >= 11 is 0. The Balaban J connectivity index is 1.62. The van der Waals surface area contributed by atoms with E-state index in [2.05, 4.69) is 20.3 Å². The summed E-state index contributed by atoms with van der Waals surface area (Å²) in [4.78, 5) is 16.8. The van der Waals surface area contributed by atoms with Crippen LogP contribution < -0.4 is 0 Å². The Morgan fingerprint density at radius 1 is 1.20 bits per heavy atom. The second kappa shape index (κ2) is 6.57. The smallest absolute Gasteiger partial charge is 0.276 e. The van der Waals surface area contributed by atoms with Crippen LogP contribution in [0.2, 0.25) is 0 Å². The van der Waals surface area contributed by atoms with Crippen LogP contribution in [-0.2, 0) is 5.60 Å². The number of piperidine rings is 1. The largest absolute Gasteiger partial charge is 0.383 e. The molecule has 2 saturated heterocycles. The molecular formula is C18H23N5O2. The van der Waals surface area contributed by atoms with Crippen LogP contribution in [-0.4, -0.2) is 68.4 Å². The molecule has 2 aromatic rings. The summed E-state index contributed by atoms with van der Waals surface area (Å²) in [6.45, 7) is 2.93. The number of nitrogens with one attached hydrogen (secondary N) is 1. The number of aromatic nitrogens is 3. The Hall–Kier alpha value is -2.25. The fraction of sp³-hybridized carbons (Fsp3) is 0.500. The molecule has 25 heavy (non-hydrogen) atoms. The second-order valence-electron chi connectivity index (χ2n) is 6.91. The van der Waals surface area contributed by atoms with Gasteiger partial charge >= 0.3 is 0 Å². The minimum absolute atomic E-state index is 0.109. The predicted octanol–water partition coefficient (Wildman–Crippen LogP) is 1.00. The first-order valence-corrected chi connectivity index (χ1v) is 8.85. The van der Waals surface area contributed by atoms with E-state index in [9.17, 15) is 9.90 Å². The third-order valence-electron chi connectivity index (χ3n) is 5.48. The van der Waals surface area contributed by atoms with Crippen molar-refractivity contribution in [3.05, 3.63) is 47.8 Å². The molecule has 0 radical (unpaired) electrons. The van der Waals surface area contributed by atoms with E-state index in [1.807, 2.05) is 30.3 Å². The average molecular weight is 341 g/mol. The second-order valence-corrected chi connectivity index (χ2v) is 6.91. The molecule has 1 aromatic heterocycles. The fourth-order valence-electron chi connectivity index (χ4n) is 4.11. The number of carbonyl (C=O) groups excluding carboxylic acids is 1. The summed E-state index contributed by atoms with van der Waals surface area (Å²) in [7, 11) is 0. The number of carbonyl (C=O) groups is 1. The molecule has 2 fully saturated rings. The van der Waals surface area contributed by atoms with Gasteiger partial charge in [0.2, 0.25) is 0 Å². The number of hydrogen-bond acceptors (Lipinski definition) is 5. The number of aliphatic hydroxyl groups is 1. The quantitative estimate of drug-likeness (QED) is 0.870. The molecule has 0 bridgehead atoms. The van der Waals surface area contributed by atoms with E-state index >= 15 is 0 Å². The maximum absolute atomic E-state index is 12.7. The Labute approximate surface area is 146 Å². The predicted molar refractivity (Wildman–Crippen MR) is 91.8 cm³/mol. The molecule has 2 aliphatic rings. The van der Waals surface area contributed by atoms with Crippen LogP contribution in [0.25, 0.3) is 0 Å². The average Bonchev–Trinajstić information content (AvgIpc) is 3.36. The minimum atomic E-state index is -0.938. The van der Waals surface area contributed by atoms with E-state index in [0.29, 0.717) is 25.2 Å². The van der Waals surface area contributed by atoms with Gasteiger partial charge in [-0.2, -0.15) is 15.4 Å². The molecule has 0 spiro atoms. The van der Waals surface area contributed by atoms with Crippen LogP contribution in [0.1, 0.15) is 35.3 Å². The van der Waals surface area contributed by atoms with Gasteiger partial charge in [0.25, 0.3) is 5.91 Å². The van der Waals surface area contributed by atoms with Crippen LogP contribution in [0.3, 0.4) is 0 Å². The van der Waals surface area contributed by atoms with Crippen molar-refractivity contribution in [3.8, 4) is 0 Å². The number of benzene rings is 1. The number of rotatable bonds is 3. The maximum Gasteiger partial charge on any atom is 0.276 e. The van der Waals surface area contributed by atoms with Crippen molar-refractivity contribution >= 4 is 5.91 Å². The molecule has 3 heterocycles. The molecule has 0 unspecified atom stereocenters. The molecule has 0 aliphatic carbocycles. The van der Waals surface area contributed by atoms with Gasteiger partial charge in [0, 0.05) is 13.1 Å². The van der Waals surface area contributed by atoms with Crippen LogP contribution in [0, 0.1) is 0 Å². The van der Waals surface area contributed by atoms with Crippen LogP contribution >= 0.6 is 0 Å². The highest BCUT2D eigenvalue weighted by atomic mass is 16.3. The lowest BCUT2D eigenvalue weighted by Crippen LogP contribution is -2.61. The zero-order valence-corrected chi connectivity index (χ0v) is 14.1. The lowest BCUT2D eigenvalue weighted by atomic mass is 9.79. The van der Waals surface area contributed by atoms with Crippen molar-refractivity contribution in [2.24, 2.45) is 0 Å². The van der Waals surface area contributed by atoms with Crippen molar-refractivity contribution in [1.82, 2.24) is 25.2 Å². The standard InChI is InChI=1S/C18H23N5O2/c24-17(15-12-19-21-20-15)23-11-8-18(25,14-6-2-1-3-7-14)16(13-23)22-9-4-5-10-22/h1-3,6-7,12,16,25H,4-5,8-11,13H2,(H,19,20,21)/t16-,18+/m1/s1. The van der Waals surface area contributed by atoms with Gasteiger partial charge in [-0.05, 0) is 37.9 Å². The summed E-state index contributed by atoms with van der Waals surface area (Å²) in [5.74, 6) is -0.131. The molecule has 1 aromatic carbocycles. The van der Waals surface area contributed by atoms with Gasteiger partial charge in [-0.15, -0.1) is 0 Å². The Kier molecular flexibility index (Phi) is 4.27. The normalized spacial score (nSPS) is 27.6.